The Bertz CT molecular complexity index is 1450. The predicted molar refractivity (Wildman–Crippen MR) is 158 cm³/mol. The van der Waals surface area contributed by atoms with Gasteiger partial charge in [-0.2, -0.15) is 5.10 Å². The van der Waals surface area contributed by atoms with E-state index in [0.717, 1.165) is 40.8 Å². The summed E-state index contributed by atoms with van der Waals surface area (Å²) in [7, 11) is 3.18. The van der Waals surface area contributed by atoms with Crippen molar-refractivity contribution in [1.82, 2.24) is 5.01 Å². The third kappa shape index (κ3) is 5.90. The molecule has 1 aliphatic carbocycles. The molecule has 1 amide bonds. The van der Waals surface area contributed by atoms with Crippen LogP contribution in [0.15, 0.2) is 83.5 Å². The van der Waals surface area contributed by atoms with Gasteiger partial charge >= 0.3 is 0 Å². The van der Waals surface area contributed by atoms with E-state index in [0.29, 0.717) is 27.5 Å². The van der Waals surface area contributed by atoms with Gasteiger partial charge in [-0.25, -0.2) is 5.01 Å². The second-order valence-corrected chi connectivity index (χ2v) is 10.9. The molecule has 5 nitrogen and oxygen atoms in total. The molecule has 1 aliphatic heterocycles. The number of carbonyl (C=O) groups is 1. The smallest absolute Gasteiger partial charge is 0.267 e. The molecule has 7 heteroatoms. The summed E-state index contributed by atoms with van der Waals surface area (Å²) in [4.78, 5) is 13.7. The number of halogens is 2. The van der Waals surface area contributed by atoms with Crippen LogP contribution in [0.2, 0.25) is 10.0 Å². The number of hydrogen-bond acceptors (Lipinski definition) is 4. The molecular formula is C32H30Cl2N2O3. The molecule has 1 heterocycles. The number of fused-ring (bicyclic) bond motifs is 1. The van der Waals surface area contributed by atoms with Crippen molar-refractivity contribution in [3.05, 3.63) is 105 Å². The summed E-state index contributed by atoms with van der Waals surface area (Å²) in [5.41, 5.74) is 5.02. The summed E-state index contributed by atoms with van der Waals surface area (Å²) in [5.74, 6) is 1.56. The third-order valence-corrected chi connectivity index (χ3v) is 7.74. The third-order valence-electron chi connectivity index (χ3n) is 7.24. The Kier molecular flexibility index (Phi) is 8.10. The van der Waals surface area contributed by atoms with Crippen molar-refractivity contribution in [3.63, 3.8) is 0 Å². The quantitative estimate of drug-likeness (QED) is 0.286. The summed E-state index contributed by atoms with van der Waals surface area (Å²) < 4.78 is 10.7. The first-order valence-electron chi connectivity index (χ1n) is 12.9. The summed E-state index contributed by atoms with van der Waals surface area (Å²) in [6.07, 6.45) is 7.35. The largest absolute Gasteiger partial charge is 0.493 e. The molecule has 0 bridgehead atoms. The molecule has 0 unspecified atom stereocenters. The highest BCUT2D eigenvalue weighted by atomic mass is 35.5. The molecule has 5 rings (SSSR count). The van der Waals surface area contributed by atoms with E-state index < -0.39 is 0 Å². The highest BCUT2D eigenvalue weighted by molar-refractivity contribution is 6.30. The average molecular weight is 562 g/mol. The maximum atomic E-state index is 13.7. The molecule has 3 atom stereocenters. The lowest BCUT2D eigenvalue weighted by Gasteiger charge is -2.32. The van der Waals surface area contributed by atoms with E-state index in [-0.39, 0.29) is 17.9 Å². The molecule has 0 N–H and O–H groups in total. The van der Waals surface area contributed by atoms with Gasteiger partial charge in [-0.05, 0) is 89.6 Å². The van der Waals surface area contributed by atoms with Crippen LogP contribution >= 0.6 is 23.2 Å². The van der Waals surface area contributed by atoms with Crippen LogP contribution in [-0.4, -0.2) is 30.8 Å². The molecule has 3 aromatic carbocycles. The van der Waals surface area contributed by atoms with Crippen molar-refractivity contribution in [2.75, 3.05) is 14.2 Å². The van der Waals surface area contributed by atoms with Crippen LogP contribution in [0.5, 0.6) is 11.5 Å². The van der Waals surface area contributed by atoms with E-state index in [9.17, 15) is 4.79 Å². The Balaban J connectivity index is 1.51. The van der Waals surface area contributed by atoms with Gasteiger partial charge in [-0.15, -0.1) is 0 Å². The first-order chi connectivity index (χ1) is 18.9. The van der Waals surface area contributed by atoms with Crippen molar-refractivity contribution in [1.29, 1.82) is 0 Å². The summed E-state index contributed by atoms with van der Waals surface area (Å²) in [5, 5.41) is 7.96. The van der Waals surface area contributed by atoms with Gasteiger partial charge in [0.25, 0.3) is 5.91 Å². The van der Waals surface area contributed by atoms with Gasteiger partial charge in [0.1, 0.15) is 0 Å². The normalized spacial score (nSPS) is 21.7. The number of rotatable bonds is 6. The molecule has 2 aliphatic rings. The van der Waals surface area contributed by atoms with Gasteiger partial charge in [0, 0.05) is 22.0 Å². The number of hydrazone groups is 1. The fourth-order valence-corrected chi connectivity index (χ4v) is 5.68. The molecule has 0 radical (unpaired) electrons. The number of benzene rings is 3. The number of amides is 1. The SMILES string of the molecule is COc1ccc(/C=C/C(=O)N2N=C3/C(=C/c4ccc(Cl)cc4)C[C@H](C)C[C@H]3[C@@H]2c2ccc(Cl)cc2)cc1OC. The second-order valence-electron chi connectivity index (χ2n) is 9.98. The number of carbonyl (C=O) groups excluding carboxylic acids is 1. The van der Waals surface area contributed by atoms with E-state index >= 15 is 0 Å². The molecule has 0 saturated heterocycles. The zero-order chi connectivity index (χ0) is 27.5. The van der Waals surface area contributed by atoms with Crippen molar-refractivity contribution in [3.8, 4) is 11.5 Å². The van der Waals surface area contributed by atoms with E-state index in [1.165, 1.54) is 0 Å². The zero-order valence-electron chi connectivity index (χ0n) is 22.1. The Morgan fingerprint density at radius 3 is 2.23 bits per heavy atom. The van der Waals surface area contributed by atoms with Crippen LogP contribution in [-0.2, 0) is 4.79 Å². The highest BCUT2D eigenvalue weighted by Crippen LogP contribution is 2.46. The second kappa shape index (κ2) is 11.7. The van der Waals surface area contributed by atoms with Crippen molar-refractivity contribution in [2.24, 2.45) is 16.9 Å². The lowest BCUT2D eigenvalue weighted by atomic mass is 9.73. The highest BCUT2D eigenvalue weighted by Gasteiger charge is 2.44. The molecule has 200 valence electrons. The molecule has 0 spiro atoms. The fraction of sp³-hybridized carbons (Fsp3) is 0.250. The van der Waals surface area contributed by atoms with E-state index in [1.807, 2.05) is 66.7 Å². The van der Waals surface area contributed by atoms with E-state index in [1.54, 1.807) is 31.4 Å². The number of methoxy groups -OCH3 is 2. The first kappa shape index (κ1) is 27.0. The summed E-state index contributed by atoms with van der Waals surface area (Å²) in [6, 6.07) is 20.8. The van der Waals surface area contributed by atoms with Crippen molar-refractivity contribution in [2.45, 2.75) is 25.8 Å². The maximum absolute atomic E-state index is 13.7. The number of nitrogens with zero attached hydrogens (tertiary/aromatic N) is 2. The van der Waals surface area contributed by atoms with Crippen LogP contribution in [0.1, 0.15) is 42.5 Å². The van der Waals surface area contributed by atoms with E-state index in [4.69, 9.17) is 37.8 Å². The lowest BCUT2D eigenvalue weighted by molar-refractivity contribution is -0.128. The Morgan fingerprint density at radius 2 is 1.56 bits per heavy atom. The van der Waals surface area contributed by atoms with Crippen molar-refractivity contribution >= 4 is 47.0 Å². The van der Waals surface area contributed by atoms with Crippen LogP contribution in [0.25, 0.3) is 12.2 Å². The summed E-state index contributed by atoms with van der Waals surface area (Å²) >= 11 is 12.3. The number of hydrogen-bond donors (Lipinski definition) is 0. The maximum Gasteiger partial charge on any atom is 0.267 e. The average Bonchev–Trinajstić information content (AvgIpc) is 3.32. The van der Waals surface area contributed by atoms with Gasteiger partial charge in [0.05, 0.1) is 26.0 Å². The standard InChI is InChI=1S/C32H30Cl2N2O3/c1-20-16-24(18-21-4-10-25(33)11-5-21)31-27(17-20)32(23-8-12-26(34)13-9-23)36(35-31)30(37)15-7-22-6-14-28(38-2)29(19-22)39-3/h4-15,18-20,27,32H,16-17H2,1-3H3/b15-7+,24-18+/t20-,27+,32-/m0/s1. The van der Waals surface area contributed by atoms with Gasteiger partial charge < -0.3 is 9.47 Å². The summed E-state index contributed by atoms with van der Waals surface area (Å²) in [6.45, 7) is 2.26. The van der Waals surface area contributed by atoms with E-state index in [2.05, 4.69) is 13.0 Å². The molecule has 1 saturated carbocycles. The van der Waals surface area contributed by atoms with Crippen LogP contribution in [0.3, 0.4) is 0 Å². The topological polar surface area (TPSA) is 51.1 Å². The van der Waals surface area contributed by atoms with Crippen molar-refractivity contribution < 1.29 is 14.3 Å². The first-order valence-corrected chi connectivity index (χ1v) is 13.7. The molecule has 3 aromatic rings. The predicted octanol–water partition coefficient (Wildman–Crippen LogP) is 8.09. The fourth-order valence-electron chi connectivity index (χ4n) is 5.43. The minimum atomic E-state index is -0.226. The van der Waals surface area contributed by atoms with Gasteiger partial charge in [-0.3, -0.25) is 4.79 Å². The van der Waals surface area contributed by atoms with Gasteiger partial charge in [-0.1, -0.05) is 60.5 Å². The lowest BCUT2D eigenvalue weighted by Crippen LogP contribution is -2.32. The molecule has 0 aromatic heterocycles. The molecule has 1 fully saturated rings. The Hall–Kier alpha value is -3.54. The molecule has 39 heavy (non-hydrogen) atoms. The van der Waals surface area contributed by atoms with Gasteiger partial charge in [0.15, 0.2) is 11.5 Å². The van der Waals surface area contributed by atoms with Crippen LogP contribution < -0.4 is 9.47 Å². The Morgan fingerprint density at radius 1 is 0.923 bits per heavy atom. The number of ether oxygens (including phenoxy) is 2. The van der Waals surface area contributed by atoms with Crippen LogP contribution in [0, 0.1) is 11.8 Å². The molecular weight excluding hydrogens is 531 g/mol. The minimum absolute atomic E-state index is 0.0758. The zero-order valence-corrected chi connectivity index (χ0v) is 23.6. The minimum Gasteiger partial charge on any atom is -0.493 e. The van der Waals surface area contributed by atoms with Crippen LogP contribution in [0.4, 0.5) is 0 Å². The monoisotopic (exact) mass is 560 g/mol. The van der Waals surface area contributed by atoms with Gasteiger partial charge in [0.2, 0.25) is 0 Å². The number of allylic oxidation sites excluding steroid dienone is 1. The Labute approximate surface area is 239 Å².